The summed E-state index contributed by atoms with van der Waals surface area (Å²) < 4.78 is 95.7. The lowest BCUT2D eigenvalue weighted by Crippen LogP contribution is -2.51. The van der Waals surface area contributed by atoms with Crippen molar-refractivity contribution in [3.8, 4) is 11.5 Å². The lowest BCUT2D eigenvalue weighted by atomic mass is 10.1. The van der Waals surface area contributed by atoms with Crippen molar-refractivity contribution in [1.29, 1.82) is 0 Å². The molecule has 2 unspecified atom stereocenters. The Morgan fingerprint density at radius 2 is 0.843 bits per heavy atom. The maximum absolute atomic E-state index is 13.8. The Kier molecular flexibility index (Phi) is 25.4. The van der Waals surface area contributed by atoms with Gasteiger partial charge in [-0.2, -0.15) is 15.3 Å². The summed E-state index contributed by atoms with van der Waals surface area (Å²) in [5, 5.41) is 30.5. The van der Waals surface area contributed by atoms with Crippen LogP contribution in [0.15, 0.2) is 248 Å². The van der Waals surface area contributed by atoms with Gasteiger partial charge in [0.15, 0.2) is 17.1 Å². The van der Waals surface area contributed by atoms with Gasteiger partial charge in [-0.25, -0.2) is 41.5 Å². The van der Waals surface area contributed by atoms with Gasteiger partial charge >= 0.3 is 0 Å². The van der Waals surface area contributed by atoms with Crippen molar-refractivity contribution in [2.75, 3.05) is 55.2 Å². The number of aliphatic hydroxyl groups is 1. The number of fused-ring (bicyclic) bond motifs is 3. The van der Waals surface area contributed by atoms with E-state index in [0.29, 0.717) is 69.2 Å². The van der Waals surface area contributed by atoms with Crippen LogP contribution in [-0.4, -0.2) is 121 Å². The summed E-state index contributed by atoms with van der Waals surface area (Å²) in [6.45, 7) is 10.3. The molecule has 3 aliphatic rings. The molecule has 0 aliphatic carbocycles. The summed E-state index contributed by atoms with van der Waals surface area (Å²) in [6, 6.07) is 55.7. The zero-order valence-electron chi connectivity index (χ0n) is 59.1. The Hall–Kier alpha value is -12.1. The van der Waals surface area contributed by atoms with Gasteiger partial charge in [0.25, 0.3) is 65.5 Å². The van der Waals surface area contributed by atoms with E-state index in [1.54, 1.807) is 158 Å². The number of anilines is 6. The zero-order chi connectivity index (χ0) is 77.5. The topological polar surface area (TPSA) is 363 Å². The van der Waals surface area contributed by atoms with Gasteiger partial charge in [0.1, 0.15) is 30.1 Å². The maximum Gasteiger partial charge on any atom is 0.276 e. The molecule has 0 saturated carbocycles. The Morgan fingerprint density at radius 3 is 1.26 bits per heavy atom. The van der Waals surface area contributed by atoms with Gasteiger partial charge in [-0.05, 0) is 174 Å². The van der Waals surface area contributed by atoms with E-state index in [1.165, 1.54) is 67.6 Å². The summed E-state index contributed by atoms with van der Waals surface area (Å²) in [7, 11) is -12.6. The monoisotopic (exact) mass is 1540 g/mol. The highest BCUT2D eigenvalue weighted by Crippen LogP contribution is 2.33. The molecule has 7 N–H and O–H groups in total. The molecule has 0 aromatic heterocycles. The normalized spacial score (nSPS) is 14.4. The number of nitrogens with zero attached hydrogens (tertiary/aromatic N) is 6. The number of benzene rings is 9. The van der Waals surface area contributed by atoms with E-state index in [1.807, 2.05) is 34.6 Å². The molecule has 31 heteroatoms. The molecular formula is C77H75ClN12O15S3. The molecule has 9 aromatic carbocycles. The van der Waals surface area contributed by atoms with Gasteiger partial charge in [-0.3, -0.25) is 41.7 Å². The molecule has 0 fully saturated rings. The first-order valence-corrected chi connectivity index (χ1v) is 38.5. The molecule has 0 saturated heterocycles. The van der Waals surface area contributed by atoms with Crippen molar-refractivity contribution in [3.05, 3.63) is 257 Å². The van der Waals surface area contributed by atoms with Gasteiger partial charge in [-0.1, -0.05) is 127 Å². The number of halogens is 1. The van der Waals surface area contributed by atoms with Gasteiger partial charge in [-0.15, -0.1) is 0 Å². The van der Waals surface area contributed by atoms with Crippen molar-refractivity contribution in [2.24, 2.45) is 15.3 Å². The zero-order valence-corrected chi connectivity index (χ0v) is 62.3. The lowest BCUT2D eigenvalue weighted by Gasteiger charge is -2.30. The van der Waals surface area contributed by atoms with E-state index in [9.17, 15) is 59.1 Å². The molecule has 558 valence electrons. The summed E-state index contributed by atoms with van der Waals surface area (Å²) in [5.41, 5.74) is 13.9. The van der Waals surface area contributed by atoms with E-state index < -0.39 is 90.7 Å². The summed E-state index contributed by atoms with van der Waals surface area (Å²) in [5.74, 6) is -2.73. The van der Waals surface area contributed by atoms with Crippen LogP contribution < -0.4 is 54.6 Å². The number of hydrazone groups is 3. The second kappa shape index (κ2) is 34.9. The highest BCUT2D eigenvalue weighted by Gasteiger charge is 2.39. The third kappa shape index (κ3) is 18.2. The quantitative estimate of drug-likeness (QED) is 0.0262. The number of hydrogen-bond acceptors (Lipinski definition) is 18. The fraction of sp³-hybridized carbons (Fsp3) is 0.182. The standard InChI is InChI=1S/C26H26N4O6S.C26H26N4O5S.C25H23ClN4O4S/c1-3-36-19-12-14-20(15-13-19)37(34,35)30(18-10-8-17(2)9-11-18)23(16-31)25(32)29-28-24-21-6-4-5-7-22(21)27-26(24)33;1-4-35-20-13-15-21(16-14-20)36(33,34)30(19-11-9-17(2)10-12-19)18(3)25(31)29-28-24-22-7-5-6-8-23(22)27-26(24)32;1-2-5-17-8-14-20(15-9-17)35(33,34)30(19-12-10-18(26)11-13-19)16-23(31)28-29-24-21-6-3-4-7-22(21)27-25(24)32/h4-15,23,31H,3,16H2,1-2H3,(H,29,32)(H,27,28,33);5-16,18H,4H2,1-3H3,(H,29,31)(H,27,28,32);3-4,6-15H,2,5,16H2,1H3,(H,28,31)(H,27,29,32). The number of nitrogens with one attached hydrogen (secondary N) is 6. The van der Waals surface area contributed by atoms with Crippen LogP contribution in [0.1, 0.15) is 67.5 Å². The van der Waals surface area contributed by atoms with Crippen molar-refractivity contribution in [1.82, 2.24) is 16.3 Å². The van der Waals surface area contributed by atoms with Crippen LogP contribution in [-0.2, 0) is 65.3 Å². The van der Waals surface area contributed by atoms with E-state index in [-0.39, 0.29) is 43.2 Å². The van der Waals surface area contributed by atoms with Crippen LogP contribution in [0.4, 0.5) is 34.1 Å². The largest absolute Gasteiger partial charge is 0.494 e. The third-order valence-electron chi connectivity index (χ3n) is 16.7. The van der Waals surface area contributed by atoms with E-state index in [4.69, 9.17) is 21.1 Å². The van der Waals surface area contributed by atoms with Gasteiger partial charge < -0.3 is 30.5 Å². The van der Waals surface area contributed by atoms with Gasteiger partial charge in [0.2, 0.25) is 0 Å². The van der Waals surface area contributed by atoms with Gasteiger partial charge in [0, 0.05) is 21.7 Å². The number of hydrogen-bond donors (Lipinski definition) is 7. The van der Waals surface area contributed by atoms with E-state index in [0.717, 1.165) is 42.4 Å². The van der Waals surface area contributed by atoms with Crippen molar-refractivity contribution in [3.63, 3.8) is 0 Å². The van der Waals surface area contributed by atoms with Crippen molar-refractivity contribution >= 4 is 128 Å². The number of aryl methyl sites for hydroxylation is 3. The average molecular weight is 1540 g/mol. The molecule has 2 atom stereocenters. The van der Waals surface area contributed by atoms with Crippen LogP contribution in [0.3, 0.4) is 0 Å². The van der Waals surface area contributed by atoms with Crippen LogP contribution >= 0.6 is 11.6 Å². The lowest BCUT2D eigenvalue weighted by molar-refractivity contribution is -0.123. The molecule has 27 nitrogen and oxygen atoms in total. The molecule has 9 aromatic rings. The predicted molar refractivity (Wildman–Crippen MR) is 413 cm³/mol. The highest BCUT2D eigenvalue weighted by atomic mass is 35.5. The molecule has 108 heavy (non-hydrogen) atoms. The molecular weight excluding hydrogens is 1460 g/mol. The highest BCUT2D eigenvalue weighted by molar-refractivity contribution is 7.93. The number of amides is 6. The minimum Gasteiger partial charge on any atom is -0.494 e. The van der Waals surface area contributed by atoms with Crippen molar-refractivity contribution in [2.45, 2.75) is 81.2 Å². The van der Waals surface area contributed by atoms with Crippen LogP contribution in [0.5, 0.6) is 11.5 Å². The molecule has 6 amide bonds. The van der Waals surface area contributed by atoms with Crippen LogP contribution in [0.25, 0.3) is 0 Å². The Labute approximate surface area is 629 Å². The van der Waals surface area contributed by atoms with Gasteiger partial charge in [0.05, 0.1) is 68.6 Å². The number of aliphatic hydroxyl groups excluding tert-OH is 1. The SMILES string of the molecule is CCCc1ccc(S(=O)(=O)N(CC(=O)NN=C2C(=O)Nc3ccccc32)c2ccc(Cl)cc2)cc1.CCOc1ccc(S(=O)(=O)N(c2ccc(C)cc2)C(C)C(=O)NN=C2C(=O)Nc3ccccc32)cc1.CCOc1ccc(S(=O)(=O)N(c2ccc(C)cc2)C(CO)C(=O)NN=C2C(=O)Nc3ccccc32)cc1. The summed E-state index contributed by atoms with van der Waals surface area (Å²) in [4.78, 5) is 76.0. The smallest absolute Gasteiger partial charge is 0.276 e. The number of ether oxygens (including phenoxy) is 2. The number of rotatable bonds is 25. The number of carbonyl (C=O) groups is 6. The summed E-state index contributed by atoms with van der Waals surface area (Å²) >= 11 is 5.97. The number of carbonyl (C=O) groups excluding carboxylic acids is 6. The molecule has 0 spiro atoms. The molecule has 0 bridgehead atoms. The fourth-order valence-corrected chi connectivity index (χ4v) is 16.0. The van der Waals surface area contributed by atoms with Crippen LogP contribution in [0, 0.1) is 13.8 Å². The van der Waals surface area contributed by atoms with E-state index >= 15 is 0 Å². The molecule has 12 rings (SSSR count). The number of para-hydroxylation sites is 3. The Bertz CT molecular complexity index is 5290. The second-order valence-corrected chi connectivity index (χ2v) is 30.1. The average Bonchev–Trinajstić information content (AvgIpc) is 1.25. The van der Waals surface area contributed by atoms with Crippen LogP contribution in [0.2, 0.25) is 5.02 Å². The minimum atomic E-state index is -4.32. The first-order valence-electron chi connectivity index (χ1n) is 33.8. The summed E-state index contributed by atoms with van der Waals surface area (Å²) in [6.07, 6.45) is 1.77. The molecule has 0 radical (unpaired) electrons. The Balaban J connectivity index is 0.000000173. The van der Waals surface area contributed by atoms with E-state index in [2.05, 4.69) is 47.5 Å². The maximum atomic E-state index is 13.8. The minimum absolute atomic E-state index is 0.00147. The Morgan fingerprint density at radius 1 is 0.472 bits per heavy atom. The first-order chi connectivity index (χ1) is 51.8. The second-order valence-electron chi connectivity index (χ2n) is 24.2. The number of sulfonamides is 3. The molecule has 3 aliphatic heterocycles. The van der Waals surface area contributed by atoms with Crippen molar-refractivity contribution < 1.29 is 68.6 Å². The fourth-order valence-electron chi connectivity index (χ4n) is 11.3. The predicted octanol–water partition coefficient (Wildman–Crippen LogP) is 9.83. The first kappa shape index (κ1) is 78.5. The molecule has 3 heterocycles. The third-order valence-corrected chi connectivity index (χ3v) is 22.5.